The Hall–Kier alpha value is -6.04. The van der Waals surface area contributed by atoms with Crippen molar-refractivity contribution in [2.75, 3.05) is 13.1 Å². The van der Waals surface area contributed by atoms with Crippen LogP contribution in [0.5, 0.6) is 0 Å². The fourth-order valence-corrected chi connectivity index (χ4v) is 6.92. The minimum absolute atomic E-state index is 0.0163. The van der Waals surface area contributed by atoms with Crippen LogP contribution in [-0.2, 0) is 25.9 Å². The van der Waals surface area contributed by atoms with Crippen molar-refractivity contribution in [3.63, 3.8) is 0 Å². The van der Waals surface area contributed by atoms with Crippen LogP contribution in [0.1, 0.15) is 89.9 Å². The number of carbonyl (C=O) groups is 2. The molecular formula is C45H49F2N7O3. The zero-order chi connectivity index (χ0) is 39.8. The Morgan fingerprint density at radius 3 is 1.40 bits per heavy atom. The van der Waals surface area contributed by atoms with Crippen LogP contribution in [0.2, 0.25) is 0 Å². The average molecular weight is 774 g/mol. The van der Waals surface area contributed by atoms with Gasteiger partial charge in [-0.1, -0.05) is 74.9 Å². The number of carbonyl (C=O) groups excluding carboxylic acids is 1. The molecule has 12 heteroatoms. The summed E-state index contributed by atoms with van der Waals surface area (Å²) in [7, 11) is 0. The number of halogens is 2. The largest absolute Gasteiger partial charge is 0.476 e. The lowest BCUT2D eigenvalue weighted by Gasteiger charge is -2.25. The lowest BCUT2D eigenvalue weighted by molar-refractivity contribution is 0.0687. The molecule has 2 aliphatic rings. The lowest BCUT2D eigenvalue weighted by atomic mass is 10.0. The summed E-state index contributed by atoms with van der Waals surface area (Å²) < 4.78 is 29.5. The Labute approximate surface area is 332 Å². The molecular weight excluding hydrogens is 725 g/mol. The van der Waals surface area contributed by atoms with Crippen molar-refractivity contribution in [1.29, 1.82) is 0 Å². The highest BCUT2D eigenvalue weighted by Gasteiger charge is 2.23. The Balaban J connectivity index is 0.000000170. The first-order valence-corrected chi connectivity index (χ1v) is 19.8. The van der Waals surface area contributed by atoms with Crippen LogP contribution in [-0.4, -0.2) is 64.5 Å². The minimum atomic E-state index is -1.08. The van der Waals surface area contributed by atoms with Gasteiger partial charge in [0.2, 0.25) is 0 Å². The third-order valence-electron chi connectivity index (χ3n) is 10.0. The van der Waals surface area contributed by atoms with Gasteiger partial charge in [-0.25, -0.2) is 13.6 Å². The maximum Gasteiger partial charge on any atom is 0.356 e. The van der Waals surface area contributed by atoms with E-state index in [2.05, 4.69) is 20.2 Å². The van der Waals surface area contributed by atoms with Gasteiger partial charge in [0.15, 0.2) is 11.4 Å². The lowest BCUT2D eigenvalue weighted by Crippen LogP contribution is -2.35. The van der Waals surface area contributed by atoms with Gasteiger partial charge in [0.1, 0.15) is 11.6 Å². The molecule has 1 amide bonds. The molecule has 0 unspecified atom stereocenters. The zero-order valence-corrected chi connectivity index (χ0v) is 32.1. The van der Waals surface area contributed by atoms with E-state index in [1.54, 1.807) is 53.5 Å². The van der Waals surface area contributed by atoms with Gasteiger partial charge in [0, 0.05) is 44.6 Å². The molecule has 2 aromatic carbocycles. The van der Waals surface area contributed by atoms with Crippen molar-refractivity contribution in [1.82, 2.24) is 34.4 Å². The number of pyridine rings is 2. The molecule has 8 rings (SSSR count). The summed E-state index contributed by atoms with van der Waals surface area (Å²) in [6, 6.07) is 27.2. The van der Waals surface area contributed by atoms with E-state index in [9.17, 15) is 18.4 Å². The van der Waals surface area contributed by atoms with Crippen molar-refractivity contribution in [2.24, 2.45) is 0 Å². The highest BCUT2D eigenvalue weighted by atomic mass is 19.1. The van der Waals surface area contributed by atoms with Crippen LogP contribution in [0.4, 0.5) is 8.78 Å². The molecule has 296 valence electrons. The second-order valence-electron chi connectivity index (χ2n) is 14.2. The first-order valence-electron chi connectivity index (χ1n) is 19.8. The van der Waals surface area contributed by atoms with Crippen LogP contribution in [0.25, 0.3) is 22.8 Å². The number of amides is 1. The van der Waals surface area contributed by atoms with Gasteiger partial charge in [-0.3, -0.25) is 24.1 Å². The summed E-state index contributed by atoms with van der Waals surface area (Å²) >= 11 is 0. The van der Waals surface area contributed by atoms with Crippen molar-refractivity contribution in [3.05, 3.63) is 144 Å². The number of likely N-dealkylation sites (tertiary alicyclic amines) is 1. The van der Waals surface area contributed by atoms with E-state index in [1.807, 2.05) is 39.9 Å². The number of aryl methyl sites for hydroxylation is 4. The van der Waals surface area contributed by atoms with Crippen molar-refractivity contribution in [2.45, 2.75) is 83.7 Å². The van der Waals surface area contributed by atoms with E-state index >= 15 is 0 Å². The number of nitrogens with zero attached hydrogens (tertiary/aromatic N) is 7. The Morgan fingerprint density at radius 1 is 0.561 bits per heavy atom. The van der Waals surface area contributed by atoms with E-state index in [0.29, 0.717) is 43.0 Å². The summed E-state index contributed by atoms with van der Waals surface area (Å²) in [5, 5.41) is 17.9. The Kier molecular flexibility index (Phi) is 14.8. The number of aromatic nitrogens is 6. The first kappa shape index (κ1) is 40.6. The van der Waals surface area contributed by atoms with Gasteiger partial charge < -0.3 is 10.0 Å². The van der Waals surface area contributed by atoms with Crippen LogP contribution >= 0.6 is 0 Å². The standard InChI is InChI=1S/C22H23FN4O.C17H14FN3O2.C6H12/c23-18-9-7-17(8-10-18)11-15-27-21(19-6-2-3-12-24-19)16-20(25-27)22(28)26-13-4-1-5-14-26;18-13-6-4-12(5-7-13)8-10-21-16(11-15(20-21)17(22)23)14-3-1-2-9-19-14;1-2-4-6-5-3-1/h2-3,6-10,12,16H,1,4-5,11,13-15H2;1-7,9,11H,8,10H2,(H,22,23);1-6H2. The van der Waals surface area contributed by atoms with Crippen LogP contribution in [0, 0.1) is 11.6 Å². The van der Waals surface area contributed by atoms with Gasteiger partial charge >= 0.3 is 5.97 Å². The molecule has 0 bridgehead atoms. The van der Waals surface area contributed by atoms with Crippen molar-refractivity contribution < 1.29 is 23.5 Å². The summed E-state index contributed by atoms with van der Waals surface area (Å²) in [6.45, 7) is 2.65. The van der Waals surface area contributed by atoms with Crippen molar-refractivity contribution >= 4 is 11.9 Å². The molecule has 1 N–H and O–H groups in total. The maximum absolute atomic E-state index is 13.1. The molecule has 0 atom stereocenters. The minimum Gasteiger partial charge on any atom is -0.476 e. The number of hydrogen-bond donors (Lipinski definition) is 1. The molecule has 2 fully saturated rings. The second-order valence-corrected chi connectivity index (χ2v) is 14.2. The predicted molar refractivity (Wildman–Crippen MR) is 216 cm³/mol. The normalized spacial score (nSPS) is 13.8. The van der Waals surface area contributed by atoms with Crippen LogP contribution in [0.15, 0.2) is 109 Å². The number of aromatic carboxylic acids is 1. The average Bonchev–Trinajstić information content (AvgIpc) is 3.91. The highest BCUT2D eigenvalue weighted by Crippen LogP contribution is 2.22. The van der Waals surface area contributed by atoms with E-state index in [1.165, 1.54) is 75.3 Å². The van der Waals surface area contributed by atoms with Crippen molar-refractivity contribution in [3.8, 4) is 22.8 Å². The Morgan fingerprint density at radius 2 is 0.982 bits per heavy atom. The molecule has 57 heavy (non-hydrogen) atoms. The van der Waals surface area contributed by atoms with E-state index in [0.717, 1.165) is 48.4 Å². The predicted octanol–water partition coefficient (Wildman–Crippen LogP) is 9.32. The van der Waals surface area contributed by atoms with Gasteiger partial charge in [-0.2, -0.15) is 10.2 Å². The van der Waals surface area contributed by atoms with Gasteiger partial charge in [-0.05, 0) is 97.8 Å². The molecule has 1 saturated carbocycles. The Bertz CT molecular complexity index is 2130. The smallest absolute Gasteiger partial charge is 0.356 e. The molecule has 4 aromatic heterocycles. The SMILES string of the molecule is C1CCCCC1.O=C(O)c1cc(-c2ccccn2)n(CCc2ccc(F)cc2)n1.O=C(c1cc(-c2ccccn2)n(CCc2ccc(F)cc2)n1)N1CCCCC1. The molecule has 0 spiro atoms. The molecule has 10 nitrogen and oxygen atoms in total. The highest BCUT2D eigenvalue weighted by molar-refractivity contribution is 5.93. The molecule has 5 heterocycles. The molecule has 1 aliphatic heterocycles. The molecule has 0 radical (unpaired) electrons. The summed E-state index contributed by atoms with van der Waals surface area (Å²) in [4.78, 5) is 34.6. The van der Waals surface area contributed by atoms with E-state index in [4.69, 9.17) is 5.11 Å². The molecule has 1 saturated heterocycles. The maximum atomic E-state index is 13.1. The monoisotopic (exact) mass is 773 g/mol. The third kappa shape index (κ3) is 12.0. The number of piperidine rings is 1. The van der Waals surface area contributed by atoms with Gasteiger partial charge in [-0.15, -0.1) is 0 Å². The topological polar surface area (TPSA) is 119 Å². The van der Waals surface area contributed by atoms with E-state index < -0.39 is 5.97 Å². The number of rotatable bonds is 10. The molecule has 1 aliphatic carbocycles. The third-order valence-corrected chi connectivity index (χ3v) is 10.0. The quantitative estimate of drug-likeness (QED) is 0.147. The van der Waals surface area contributed by atoms with Crippen LogP contribution < -0.4 is 0 Å². The summed E-state index contributed by atoms with van der Waals surface area (Å²) in [5.74, 6) is -1.62. The van der Waals surface area contributed by atoms with Gasteiger partial charge in [0.05, 0.1) is 22.8 Å². The van der Waals surface area contributed by atoms with E-state index in [-0.39, 0.29) is 23.2 Å². The first-order chi connectivity index (χ1) is 27.8. The number of hydrogen-bond acceptors (Lipinski definition) is 6. The summed E-state index contributed by atoms with van der Waals surface area (Å²) in [5.41, 5.74) is 5.32. The zero-order valence-electron chi connectivity index (χ0n) is 32.1. The molecule has 6 aromatic rings. The van der Waals surface area contributed by atoms with Crippen LogP contribution in [0.3, 0.4) is 0 Å². The number of carboxylic acids is 1. The fraction of sp³-hybridized carbons (Fsp3) is 0.333. The number of benzene rings is 2. The van der Waals surface area contributed by atoms with Gasteiger partial charge in [0.25, 0.3) is 5.91 Å². The summed E-state index contributed by atoms with van der Waals surface area (Å²) in [6.07, 6.45) is 17.0. The fourth-order valence-electron chi connectivity index (χ4n) is 6.92. The second kappa shape index (κ2) is 20.8. The number of carboxylic acid groups (broad SMARTS) is 1.